The summed E-state index contributed by atoms with van der Waals surface area (Å²) in [6.45, 7) is 4.90. The average Bonchev–Trinajstić information content (AvgIpc) is 2.77. The normalized spacial score (nSPS) is 24.7. The minimum atomic E-state index is -1.08. The number of ether oxygens (including phenoxy) is 1. The molecule has 2 fully saturated rings. The Morgan fingerprint density at radius 3 is 2.56 bits per heavy atom. The lowest BCUT2D eigenvalue weighted by Gasteiger charge is -2.23. The molecule has 2 rings (SSSR count). The number of rotatable bonds is 4. The number of carbonyl (C=O) groups excluding carboxylic acids is 3. The van der Waals surface area contributed by atoms with Crippen molar-refractivity contribution in [1.29, 1.82) is 0 Å². The van der Waals surface area contributed by atoms with E-state index in [0.717, 1.165) is 19.4 Å². The lowest BCUT2D eigenvalue weighted by molar-refractivity contribution is -0.134. The van der Waals surface area contributed by atoms with Gasteiger partial charge in [0.15, 0.2) is 5.92 Å². The van der Waals surface area contributed by atoms with Crippen molar-refractivity contribution in [2.75, 3.05) is 13.2 Å². The zero-order chi connectivity index (χ0) is 13.1. The highest BCUT2D eigenvalue weighted by Crippen LogP contribution is 2.14. The van der Waals surface area contributed by atoms with E-state index in [1.807, 2.05) is 10.6 Å². The van der Waals surface area contributed by atoms with Gasteiger partial charge in [-0.3, -0.25) is 20.2 Å². The Morgan fingerprint density at radius 1 is 1.33 bits per heavy atom. The van der Waals surface area contributed by atoms with Gasteiger partial charge >= 0.3 is 6.03 Å². The molecule has 0 bridgehead atoms. The van der Waals surface area contributed by atoms with Crippen molar-refractivity contribution in [2.45, 2.75) is 18.9 Å². The van der Waals surface area contributed by atoms with E-state index in [9.17, 15) is 14.4 Å². The van der Waals surface area contributed by atoms with Crippen molar-refractivity contribution in [1.82, 2.24) is 16.0 Å². The van der Waals surface area contributed by atoms with Gasteiger partial charge in [0.25, 0.3) is 0 Å². The largest absolute Gasteiger partial charge is 0.385 e. The highest BCUT2D eigenvalue weighted by Gasteiger charge is 2.36. The van der Waals surface area contributed by atoms with Crippen molar-refractivity contribution in [3.05, 3.63) is 12.3 Å². The van der Waals surface area contributed by atoms with Crippen LogP contribution < -0.4 is 16.0 Å². The van der Waals surface area contributed by atoms with Crippen LogP contribution in [0.5, 0.6) is 0 Å². The fraction of sp³-hybridized carbons (Fsp3) is 0.545. The van der Waals surface area contributed by atoms with Gasteiger partial charge in [-0.25, -0.2) is 4.79 Å². The summed E-state index contributed by atoms with van der Waals surface area (Å²) in [6.07, 6.45) is 2.04. The second-order valence-corrected chi connectivity index (χ2v) is 4.28. The van der Waals surface area contributed by atoms with Crippen LogP contribution in [0.4, 0.5) is 4.79 Å². The maximum absolute atomic E-state index is 11.5. The van der Waals surface area contributed by atoms with Crippen molar-refractivity contribution in [3.8, 4) is 0 Å². The first-order valence-corrected chi connectivity index (χ1v) is 5.78. The fourth-order valence-electron chi connectivity index (χ4n) is 1.99. The van der Waals surface area contributed by atoms with Crippen LogP contribution in [0.15, 0.2) is 12.3 Å². The first-order valence-electron chi connectivity index (χ1n) is 5.78. The maximum atomic E-state index is 11.5. The van der Waals surface area contributed by atoms with Gasteiger partial charge in [-0.1, -0.05) is 6.58 Å². The van der Waals surface area contributed by atoms with E-state index in [1.54, 1.807) is 0 Å². The van der Waals surface area contributed by atoms with Crippen LogP contribution in [0.1, 0.15) is 12.8 Å². The number of carbonyl (C=O) groups is 3. The van der Waals surface area contributed by atoms with Gasteiger partial charge in [0.1, 0.15) is 0 Å². The third kappa shape index (κ3) is 2.67. The maximum Gasteiger partial charge on any atom is 0.328 e. The Kier molecular flexibility index (Phi) is 3.61. The monoisotopic (exact) mass is 253 g/mol. The number of barbiturate groups is 1. The summed E-state index contributed by atoms with van der Waals surface area (Å²) in [5.74, 6) is -2.40. The predicted octanol–water partition coefficient (Wildman–Crippen LogP) is -0.749. The Labute approximate surface area is 104 Å². The lowest BCUT2D eigenvalue weighted by atomic mass is 10.0. The minimum absolute atomic E-state index is 0.0816. The Bertz CT molecular complexity index is 381. The molecule has 2 aliphatic heterocycles. The highest BCUT2D eigenvalue weighted by atomic mass is 16.5. The summed E-state index contributed by atoms with van der Waals surface area (Å²) in [6, 6.07) is -0.798. The molecule has 4 amide bonds. The first kappa shape index (κ1) is 12.6. The van der Waals surface area contributed by atoms with Crippen LogP contribution >= 0.6 is 0 Å². The molecule has 0 spiro atoms. The number of imide groups is 2. The summed E-state index contributed by atoms with van der Waals surface area (Å²) >= 11 is 0. The summed E-state index contributed by atoms with van der Waals surface area (Å²) in [7, 11) is 0. The quantitative estimate of drug-likeness (QED) is 0.573. The van der Waals surface area contributed by atoms with Gasteiger partial charge in [-0.2, -0.15) is 0 Å². The molecule has 0 saturated carbocycles. The van der Waals surface area contributed by atoms with Gasteiger partial charge in [-0.05, 0) is 12.8 Å². The van der Waals surface area contributed by atoms with Crippen molar-refractivity contribution >= 4 is 17.8 Å². The topological polar surface area (TPSA) is 96.5 Å². The van der Waals surface area contributed by atoms with Crippen LogP contribution in [-0.4, -0.2) is 37.1 Å². The molecule has 98 valence electrons. The summed E-state index contributed by atoms with van der Waals surface area (Å²) in [5, 5.41) is 6.97. The molecule has 7 nitrogen and oxygen atoms in total. The smallest absolute Gasteiger partial charge is 0.328 e. The van der Waals surface area contributed by atoms with Gasteiger partial charge in [0.2, 0.25) is 11.8 Å². The average molecular weight is 253 g/mol. The van der Waals surface area contributed by atoms with Crippen LogP contribution in [0.3, 0.4) is 0 Å². The molecule has 3 N–H and O–H groups in total. The SMILES string of the molecule is C=C(NC[C@H]1CCCO1)C1C(=O)NC(=O)NC1=O. The molecular weight excluding hydrogens is 238 g/mol. The molecule has 0 radical (unpaired) electrons. The molecule has 0 unspecified atom stereocenters. The molecule has 2 heterocycles. The lowest BCUT2D eigenvalue weighted by Crippen LogP contribution is -2.57. The highest BCUT2D eigenvalue weighted by molar-refractivity contribution is 6.17. The van der Waals surface area contributed by atoms with Crippen molar-refractivity contribution in [3.63, 3.8) is 0 Å². The fourth-order valence-corrected chi connectivity index (χ4v) is 1.99. The molecule has 0 aromatic heterocycles. The van der Waals surface area contributed by atoms with Gasteiger partial charge < -0.3 is 10.1 Å². The summed E-state index contributed by atoms with van der Waals surface area (Å²) in [5.41, 5.74) is 0.271. The Morgan fingerprint density at radius 2 is 2.00 bits per heavy atom. The molecule has 2 saturated heterocycles. The van der Waals surface area contributed by atoms with E-state index in [4.69, 9.17) is 4.74 Å². The molecule has 7 heteroatoms. The second-order valence-electron chi connectivity index (χ2n) is 4.28. The molecule has 1 atom stereocenters. The first-order chi connectivity index (χ1) is 8.58. The molecule has 0 aromatic rings. The zero-order valence-electron chi connectivity index (χ0n) is 9.82. The molecule has 18 heavy (non-hydrogen) atoms. The van der Waals surface area contributed by atoms with Crippen molar-refractivity contribution < 1.29 is 19.1 Å². The Balaban J connectivity index is 1.89. The van der Waals surface area contributed by atoms with E-state index in [2.05, 4.69) is 11.9 Å². The van der Waals surface area contributed by atoms with Crippen molar-refractivity contribution in [2.24, 2.45) is 5.92 Å². The van der Waals surface area contributed by atoms with Crippen LogP contribution in [0.2, 0.25) is 0 Å². The van der Waals surface area contributed by atoms with E-state index in [-0.39, 0.29) is 11.8 Å². The zero-order valence-corrected chi connectivity index (χ0v) is 9.82. The number of hydrogen-bond acceptors (Lipinski definition) is 5. The predicted molar refractivity (Wildman–Crippen MR) is 61.3 cm³/mol. The second kappa shape index (κ2) is 5.18. The Hall–Kier alpha value is -1.89. The molecule has 2 aliphatic rings. The molecular formula is C11H15N3O4. The van der Waals surface area contributed by atoms with Gasteiger partial charge in [0.05, 0.1) is 6.10 Å². The molecule has 0 aromatic carbocycles. The summed E-state index contributed by atoms with van der Waals surface area (Å²) < 4.78 is 5.40. The number of amides is 4. The number of urea groups is 1. The van der Waals surface area contributed by atoms with Crippen LogP contribution in [0.25, 0.3) is 0 Å². The minimum Gasteiger partial charge on any atom is -0.385 e. The van der Waals surface area contributed by atoms with E-state index < -0.39 is 23.8 Å². The van der Waals surface area contributed by atoms with Gasteiger partial charge in [0, 0.05) is 18.8 Å². The van der Waals surface area contributed by atoms with Crippen LogP contribution in [-0.2, 0) is 14.3 Å². The number of hydrogen-bond donors (Lipinski definition) is 3. The standard InChI is InChI=1S/C11H15N3O4/c1-6(12-5-7-3-2-4-18-7)8-9(15)13-11(17)14-10(8)16/h7-8,12H,1-5H2,(H2,13,14,15,16,17)/t7-/m1/s1. The summed E-state index contributed by atoms with van der Waals surface area (Å²) in [4.78, 5) is 33.9. The van der Waals surface area contributed by atoms with Crippen LogP contribution in [0, 0.1) is 5.92 Å². The van der Waals surface area contributed by atoms with E-state index >= 15 is 0 Å². The van der Waals surface area contributed by atoms with E-state index in [1.165, 1.54) is 0 Å². The van der Waals surface area contributed by atoms with E-state index in [0.29, 0.717) is 6.54 Å². The number of nitrogens with one attached hydrogen (secondary N) is 3. The van der Waals surface area contributed by atoms with Gasteiger partial charge in [-0.15, -0.1) is 0 Å². The third-order valence-electron chi connectivity index (χ3n) is 2.93. The molecule has 0 aliphatic carbocycles. The third-order valence-corrected chi connectivity index (χ3v) is 2.93.